The highest BCUT2D eigenvalue weighted by molar-refractivity contribution is 4.73. The highest BCUT2D eigenvalue weighted by atomic mass is 14.9. The lowest BCUT2D eigenvalue weighted by molar-refractivity contribution is 0.395. The van der Waals surface area contributed by atoms with Crippen LogP contribution in [0.2, 0.25) is 0 Å². The fourth-order valence-corrected chi connectivity index (χ4v) is 1.45. The summed E-state index contributed by atoms with van der Waals surface area (Å²) in [5.41, 5.74) is 0. The molecule has 1 aliphatic carbocycles. The van der Waals surface area contributed by atoms with Crippen LogP contribution in [0, 0.1) is 6.54 Å². The Hall–Kier alpha value is -0.0400. The van der Waals surface area contributed by atoms with Crippen LogP contribution in [0.5, 0.6) is 0 Å². The predicted molar refractivity (Wildman–Crippen MR) is 38.9 cm³/mol. The van der Waals surface area contributed by atoms with Crippen molar-refractivity contribution < 1.29 is 0 Å². The van der Waals surface area contributed by atoms with Crippen LogP contribution in [0.1, 0.15) is 39.0 Å². The first-order valence-electron chi connectivity index (χ1n) is 3.86. The van der Waals surface area contributed by atoms with Crippen LogP contribution in [0.25, 0.3) is 0 Å². The molecule has 1 N–H and O–H groups in total. The monoisotopic (exact) mass is 125 g/mol. The van der Waals surface area contributed by atoms with E-state index in [0.717, 1.165) is 6.04 Å². The first kappa shape index (κ1) is 7.07. The number of nitrogens with one attached hydrogen (secondary N) is 1. The molecule has 2 radical (unpaired) electrons. The van der Waals surface area contributed by atoms with Gasteiger partial charge >= 0.3 is 0 Å². The summed E-state index contributed by atoms with van der Waals surface area (Å²) >= 11 is 0. The second kappa shape index (κ2) is 3.89. The van der Waals surface area contributed by atoms with E-state index >= 15 is 0 Å². The third-order valence-corrected chi connectivity index (χ3v) is 1.95. The van der Waals surface area contributed by atoms with E-state index in [1.165, 1.54) is 32.1 Å². The fraction of sp³-hybridized carbons (Fsp3) is 0.875. The molecule has 0 aliphatic heterocycles. The van der Waals surface area contributed by atoms with Crippen molar-refractivity contribution in [1.29, 1.82) is 0 Å². The lowest BCUT2D eigenvalue weighted by Crippen LogP contribution is -2.27. The molecule has 1 fully saturated rings. The Morgan fingerprint density at radius 1 is 1.22 bits per heavy atom. The lowest BCUT2D eigenvalue weighted by Gasteiger charge is -2.21. The molecule has 0 aromatic carbocycles. The molecule has 0 bridgehead atoms. The third-order valence-electron chi connectivity index (χ3n) is 1.95. The van der Waals surface area contributed by atoms with Gasteiger partial charge in [-0.15, -0.1) is 0 Å². The maximum atomic E-state index is 3.23. The van der Waals surface area contributed by atoms with Gasteiger partial charge in [-0.25, -0.2) is 0 Å². The molecule has 0 aromatic heterocycles. The van der Waals surface area contributed by atoms with E-state index in [2.05, 4.69) is 11.9 Å². The summed E-state index contributed by atoms with van der Waals surface area (Å²) in [5, 5.41) is 3.23. The summed E-state index contributed by atoms with van der Waals surface area (Å²) in [5.74, 6) is 0. The predicted octanol–water partition coefficient (Wildman–Crippen LogP) is 1.97. The number of rotatable bonds is 2. The van der Waals surface area contributed by atoms with E-state index in [-0.39, 0.29) is 0 Å². The maximum absolute atomic E-state index is 3.23. The van der Waals surface area contributed by atoms with Gasteiger partial charge < -0.3 is 5.32 Å². The minimum atomic E-state index is 0.740. The Labute approximate surface area is 57.8 Å². The van der Waals surface area contributed by atoms with Crippen LogP contribution >= 0.6 is 0 Å². The molecule has 0 aromatic rings. The lowest BCUT2D eigenvalue weighted by atomic mass is 9.96. The minimum Gasteiger partial charge on any atom is -0.305 e. The number of hydrogen-bond donors (Lipinski definition) is 1. The second-order valence-electron chi connectivity index (χ2n) is 2.73. The molecule has 0 unspecified atom stereocenters. The van der Waals surface area contributed by atoms with Crippen LogP contribution in [0.3, 0.4) is 0 Å². The van der Waals surface area contributed by atoms with Gasteiger partial charge in [0.2, 0.25) is 0 Å². The summed E-state index contributed by atoms with van der Waals surface area (Å²) < 4.78 is 0. The third kappa shape index (κ3) is 2.35. The molecule has 9 heavy (non-hydrogen) atoms. The molecule has 0 atom stereocenters. The molecule has 0 saturated heterocycles. The van der Waals surface area contributed by atoms with E-state index in [9.17, 15) is 0 Å². The Bertz CT molecular complexity index is 62.2. The molecule has 52 valence electrons. The van der Waals surface area contributed by atoms with E-state index < -0.39 is 0 Å². The minimum absolute atomic E-state index is 0.740. The maximum Gasteiger partial charge on any atom is 0.0554 e. The highest BCUT2D eigenvalue weighted by Gasteiger charge is 2.10. The molecule has 1 rings (SSSR count). The molecular formula is C8H15N. The average Bonchev–Trinajstić information content (AvgIpc) is 1.91. The Morgan fingerprint density at radius 3 is 2.44 bits per heavy atom. The van der Waals surface area contributed by atoms with E-state index in [1.807, 2.05) is 6.92 Å². The first-order chi connectivity index (χ1) is 4.43. The summed E-state index contributed by atoms with van der Waals surface area (Å²) in [4.78, 5) is 0. The summed E-state index contributed by atoms with van der Waals surface area (Å²) in [6.45, 7) is 4.93. The van der Waals surface area contributed by atoms with Crippen molar-refractivity contribution in [2.45, 2.75) is 45.1 Å². The zero-order chi connectivity index (χ0) is 6.53. The fourth-order valence-electron chi connectivity index (χ4n) is 1.45. The van der Waals surface area contributed by atoms with Crippen LogP contribution in [0.15, 0.2) is 0 Å². The van der Waals surface area contributed by atoms with Gasteiger partial charge in [0.05, 0.1) is 6.54 Å². The van der Waals surface area contributed by atoms with E-state index in [4.69, 9.17) is 0 Å². The SMILES string of the molecule is C[C]NC1CCCCC1. The average molecular weight is 125 g/mol. The Balaban J connectivity index is 2.08. The summed E-state index contributed by atoms with van der Waals surface area (Å²) in [6.07, 6.45) is 6.93. The van der Waals surface area contributed by atoms with Gasteiger partial charge in [0, 0.05) is 6.04 Å². The standard InChI is InChI=1S/C8H15N/c1-2-9-8-6-4-3-5-7-8/h8-9H,3-7H2,1H3. The van der Waals surface area contributed by atoms with Crippen LogP contribution < -0.4 is 5.32 Å². The van der Waals surface area contributed by atoms with Crippen molar-refractivity contribution in [3.8, 4) is 0 Å². The molecule has 1 aliphatic rings. The van der Waals surface area contributed by atoms with Crippen LogP contribution in [-0.4, -0.2) is 6.04 Å². The number of hydrogen-bond acceptors (Lipinski definition) is 1. The van der Waals surface area contributed by atoms with Crippen LogP contribution in [0.4, 0.5) is 0 Å². The van der Waals surface area contributed by atoms with Crippen molar-refractivity contribution in [1.82, 2.24) is 5.32 Å². The molecule has 1 heteroatoms. The highest BCUT2D eigenvalue weighted by Crippen LogP contribution is 2.17. The second-order valence-corrected chi connectivity index (χ2v) is 2.73. The van der Waals surface area contributed by atoms with Crippen molar-refractivity contribution in [3.63, 3.8) is 0 Å². The van der Waals surface area contributed by atoms with Crippen molar-refractivity contribution in [2.75, 3.05) is 0 Å². The molecule has 0 heterocycles. The zero-order valence-corrected chi connectivity index (χ0v) is 6.11. The quantitative estimate of drug-likeness (QED) is 0.556. The first-order valence-corrected chi connectivity index (χ1v) is 3.86. The molecular weight excluding hydrogens is 110 g/mol. The van der Waals surface area contributed by atoms with Crippen LogP contribution in [-0.2, 0) is 0 Å². The van der Waals surface area contributed by atoms with Gasteiger partial charge in [-0.1, -0.05) is 19.3 Å². The van der Waals surface area contributed by atoms with E-state index in [0.29, 0.717) is 0 Å². The molecule has 0 spiro atoms. The van der Waals surface area contributed by atoms with Gasteiger partial charge in [0.1, 0.15) is 0 Å². The summed E-state index contributed by atoms with van der Waals surface area (Å²) in [6, 6.07) is 0.740. The van der Waals surface area contributed by atoms with Crippen molar-refractivity contribution in [2.24, 2.45) is 0 Å². The largest absolute Gasteiger partial charge is 0.305 e. The molecule has 1 saturated carbocycles. The van der Waals surface area contributed by atoms with Crippen molar-refractivity contribution in [3.05, 3.63) is 6.54 Å². The van der Waals surface area contributed by atoms with Gasteiger partial charge in [-0.2, -0.15) is 0 Å². The summed E-state index contributed by atoms with van der Waals surface area (Å²) in [7, 11) is 0. The Kier molecular flexibility index (Phi) is 3.05. The van der Waals surface area contributed by atoms with Crippen molar-refractivity contribution >= 4 is 0 Å². The molecule has 1 nitrogen and oxygen atoms in total. The van der Waals surface area contributed by atoms with Gasteiger partial charge in [-0.05, 0) is 19.8 Å². The Morgan fingerprint density at radius 2 is 1.89 bits per heavy atom. The smallest absolute Gasteiger partial charge is 0.0554 e. The zero-order valence-electron chi connectivity index (χ0n) is 6.11. The van der Waals surface area contributed by atoms with Gasteiger partial charge in [-0.3, -0.25) is 0 Å². The van der Waals surface area contributed by atoms with E-state index in [1.54, 1.807) is 0 Å². The normalized spacial score (nSPS) is 22.3. The van der Waals surface area contributed by atoms with Gasteiger partial charge in [0.15, 0.2) is 0 Å². The van der Waals surface area contributed by atoms with Gasteiger partial charge in [0.25, 0.3) is 0 Å². The molecule has 0 amide bonds. The topological polar surface area (TPSA) is 12.0 Å².